The second kappa shape index (κ2) is 7.61. The van der Waals surface area contributed by atoms with Gasteiger partial charge in [-0.3, -0.25) is 9.59 Å². The highest BCUT2D eigenvalue weighted by atomic mass is 16.2. The lowest BCUT2D eigenvalue weighted by Gasteiger charge is -2.10. The summed E-state index contributed by atoms with van der Waals surface area (Å²) in [7, 11) is 0. The molecule has 5 nitrogen and oxygen atoms in total. The van der Waals surface area contributed by atoms with Crippen molar-refractivity contribution in [1.29, 1.82) is 0 Å². The average Bonchev–Trinajstić information content (AvgIpc) is 2.20. The third-order valence-electron chi connectivity index (χ3n) is 1.49. The molecule has 0 rings (SSSR count). The van der Waals surface area contributed by atoms with Crippen molar-refractivity contribution in [2.24, 2.45) is 0 Å². The summed E-state index contributed by atoms with van der Waals surface area (Å²) in [5.74, 6) is -0.250. The van der Waals surface area contributed by atoms with Gasteiger partial charge in [0.25, 0.3) is 0 Å². The summed E-state index contributed by atoms with van der Waals surface area (Å²) in [5.41, 5.74) is 1.70. The summed E-state index contributed by atoms with van der Waals surface area (Å²) < 4.78 is 0. The number of hydrogen-bond donors (Lipinski definition) is 3. The molecular weight excluding hydrogens is 194 g/mol. The zero-order valence-corrected chi connectivity index (χ0v) is 8.93. The molecule has 5 heteroatoms. The van der Waals surface area contributed by atoms with Crippen LogP contribution in [0.2, 0.25) is 0 Å². The van der Waals surface area contributed by atoms with Gasteiger partial charge < -0.3 is 16.0 Å². The summed E-state index contributed by atoms with van der Waals surface area (Å²) in [6.45, 7) is 10.3. The van der Waals surface area contributed by atoms with E-state index in [2.05, 4.69) is 29.1 Å². The predicted octanol–water partition coefficient (Wildman–Crippen LogP) is -0.472. The first-order valence-electron chi connectivity index (χ1n) is 4.56. The largest absolute Gasteiger partial charge is 0.384 e. The lowest BCUT2D eigenvalue weighted by Crippen LogP contribution is -2.36. The van der Waals surface area contributed by atoms with E-state index in [0.29, 0.717) is 25.2 Å². The second-order valence-electron chi connectivity index (χ2n) is 3.19. The first-order chi connectivity index (χ1) is 7.06. The van der Waals surface area contributed by atoms with E-state index in [9.17, 15) is 9.59 Å². The van der Waals surface area contributed by atoms with Gasteiger partial charge in [0.15, 0.2) is 0 Å². The fourth-order valence-electron chi connectivity index (χ4n) is 0.741. The number of amides is 2. The molecular formula is C10H17N3O2. The monoisotopic (exact) mass is 211 g/mol. The molecule has 0 saturated heterocycles. The molecule has 0 radical (unpaired) electrons. The molecule has 3 N–H and O–H groups in total. The Bertz CT molecular complexity index is 261. The van der Waals surface area contributed by atoms with Gasteiger partial charge in [0.2, 0.25) is 12.3 Å². The second-order valence-corrected chi connectivity index (χ2v) is 3.19. The third-order valence-corrected chi connectivity index (χ3v) is 1.49. The molecule has 0 saturated carbocycles. The maximum absolute atomic E-state index is 11.0. The maximum Gasteiger partial charge on any atom is 0.239 e. The van der Waals surface area contributed by atoms with Gasteiger partial charge in [-0.1, -0.05) is 18.7 Å². The molecule has 84 valence electrons. The van der Waals surface area contributed by atoms with Crippen LogP contribution in [-0.4, -0.2) is 32.0 Å². The smallest absolute Gasteiger partial charge is 0.239 e. The van der Waals surface area contributed by atoms with Crippen LogP contribution in [0.4, 0.5) is 0 Å². The van der Waals surface area contributed by atoms with E-state index in [1.165, 1.54) is 0 Å². The van der Waals surface area contributed by atoms with Crippen LogP contribution in [-0.2, 0) is 9.59 Å². The predicted molar refractivity (Wildman–Crippen MR) is 59.0 cm³/mol. The molecule has 0 spiro atoms. The standard InChI is InChI=1S/C10H17N3O2/c1-8(2)4-12-9(3)5-13-10(15)6-11-7-14/h7,12H,1,3-6H2,2H3,(H,11,14)(H,13,15). The van der Waals surface area contributed by atoms with Crippen LogP contribution in [0.1, 0.15) is 6.92 Å². The lowest BCUT2D eigenvalue weighted by atomic mass is 10.3. The molecule has 0 aliphatic carbocycles. The summed E-state index contributed by atoms with van der Waals surface area (Å²) in [6.07, 6.45) is 0.480. The van der Waals surface area contributed by atoms with E-state index < -0.39 is 0 Å². The Morgan fingerprint density at radius 2 is 1.87 bits per heavy atom. The molecule has 15 heavy (non-hydrogen) atoms. The average molecular weight is 211 g/mol. The minimum atomic E-state index is -0.250. The van der Waals surface area contributed by atoms with Crippen molar-refractivity contribution in [1.82, 2.24) is 16.0 Å². The van der Waals surface area contributed by atoms with Gasteiger partial charge in [-0.15, -0.1) is 0 Å². The van der Waals surface area contributed by atoms with Crippen LogP contribution in [0.3, 0.4) is 0 Å². The quantitative estimate of drug-likeness (QED) is 0.375. The zero-order chi connectivity index (χ0) is 11.7. The number of nitrogens with one attached hydrogen (secondary N) is 3. The van der Waals surface area contributed by atoms with Gasteiger partial charge in [0.1, 0.15) is 0 Å². The van der Waals surface area contributed by atoms with Crippen LogP contribution in [0.5, 0.6) is 0 Å². The molecule has 2 amide bonds. The topological polar surface area (TPSA) is 70.2 Å². The Morgan fingerprint density at radius 3 is 2.40 bits per heavy atom. The Morgan fingerprint density at radius 1 is 1.20 bits per heavy atom. The van der Waals surface area contributed by atoms with E-state index >= 15 is 0 Å². The number of carbonyl (C=O) groups is 2. The van der Waals surface area contributed by atoms with Gasteiger partial charge in [0, 0.05) is 12.2 Å². The van der Waals surface area contributed by atoms with Crippen molar-refractivity contribution < 1.29 is 9.59 Å². The first-order valence-corrected chi connectivity index (χ1v) is 4.56. The van der Waals surface area contributed by atoms with Gasteiger partial charge in [-0.25, -0.2) is 0 Å². The van der Waals surface area contributed by atoms with Gasteiger partial charge in [-0.05, 0) is 6.92 Å². The highest BCUT2D eigenvalue weighted by Gasteiger charge is 1.99. The lowest BCUT2D eigenvalue weighted by molar-refractivity contribution is -0.121. The molecule has 0 heterocycles. The van der Waals surface area contributed by atoms with E-state index in [0.717, 1.165) is 5.57 Å². The zero-order valence-electron chi connectivity index (χ0n) is 8.93. The highest BCUT2D eigenvalue weighted by molar-refractivity contribution is 5.79. The minimum Gasteiger partial charge on any atom is -0.384 e. The normalized spacial score (nSPS) is 8.87. The Balaban J connectivity index is 3.57. The highest BCUT2D eigenvalue weighted by Crippen LogP contribution is 1.86. The number of carbonyl (C=O) groups excluding carboxylic acids is 2. The Kier molecular flexibility index (Phi) is 6.70. The van der Waals surface area contributed by atoms with Crippen LogP contribution in [0.25, 0.3) is 0 Å². The van der Waals surface area contributed by atoms with Crippen LogP contribution >= 0.6 is 0 Å². The van der Waals surface area contributed by atoms with Crippen molar-refractivity contribution in [3.63, 3.8) is 0 Å². The molecule has 0 unspecified atom stereocenters. The Hall–Kier alpha value is -1.78. The minimum absolute atomic E-state index is 0.0166. The first kappa shape index (κ1) is 13.2. The van der Waals surface area contributed by atoms with Crippen LogP contribution in [0.15, 0.2) is 24.4 Å². The van der Waals surface area contributed by atoms with Gasteiger partial charge in [0.05, 0.1) is 13.1 Å². The van der Waals surface area contributed by atoms with E-state index in [1.54, 1.807) is 0 Å². The molecule has 0 aliphatic rings. The molecule has 0 atom stereocenters. The summed E-state index contributed by atoms with van der Waals surface area (Å²) in [5, 5.41) is 7.85. The van der Waals surface area contributed by atoms with Gasteiger partial charge >= 0.3 is 0 Å². The van der Waals surface area contributed by atoms with Gasteiger partial charge in [-0.2, -0.15) is 0 Å². The van der Waals surface area contributed by atoms with E-state index in [-0.39, 0.29) is 12.5 Å². The molecule has 0 aliphatic heterocycles. The van der Waals surface area contributed by atoms with Crippen LogP contribution in [0, 0.1) is 0 Å². The fourth-order valence-corrected chi connectivity index (χ4v) is 0.741. The van der Waals surface area contributed by atoms with Crippen molar-refractivity contribution in [2.45, 2.75) is 6.92 Å². The SMILES string of the molecule is C=C(C)CNC(=C)CNC(=O)CNC=O. The summed E-state index contributed by atoms with van der Waals surface area (Å²) in [4.78, 5) is 20.9. The molecule has 0 aromatic heterocycles. The molecule has 0 aromatic carbocycles. The molecule has 0 bridgehead atoms. The van der Waals surface area contributed by atoms with Crippen LogP contribution < -0.4 is 16.0 Å². The number of hydrogen-bond acceptors (Lipinski definition) is 3. The molecule has 0 aromatic rings. The third kappa shape index (κ3) is 8.55. The van der Waals surface area contributed by atoms with Crippen molar-refractivity contribution >= 4 is 12.3 Å². The number of rotatable bonds is 8. The maximum atomic E-state index is 11.0. The summed E-state index contributed by atoms with van der Waals surface area (Å²) in [6, 6.07) is 0. The Labute approximate surface area is 89.6 Å². The fraction of sp³-hybridized carbons (Fsp3) is 0.400. The van der Waals surface area contributed by atoms with Crippen molar-refractivity contribution in [3.8, 4) is 0 Å². The summed E-state index contributed by atoms with van der Waals surface area (Å²) >= 11 is 0. The van der Waals surface area contributed by atoms with E-state index in [4.69, 9.17) is 0 Å². The van der Waals surface area contributed by atoms with Crippen molar-refractivity contribution in [3.05, 3.63) is 24.4 Å². The van der Waals surface area contributed by atoms with Crippen molar-refractivity contribution in [2.75, 3.05) is 19.6 Å². The molecule has 0 fully saturated rings. The van der Waals surface area contributed by atoms with E-state index in [1.807, 2.05) is 6.92 Å².